The van der Waals surface area contributed by atoms with Gasteiger partial charge < -0.3 is 22.8 Å². The Bertz CT molecular complexity index is 210. The highest BCUT2D eigenvalue weighted by molar-refractivity contribution is 6.60. The van der Waals surface area contributed by atoms with E-state index in [0.717, 1.165) is 38.5 Å². The van der Waals surface area contributed by atoms with Crippen molar-refractivity contribution in [1.82, 2.24) is 0 Å². The van der Waals surface area contributed by atoms with E-state index in [-0.39, 0.29) is 6.29 Å². The Hall–Kier alpha value is 0.0169. The van der Waals surface area contributed by atoms with Crippen LogP contribution in [0.25, 0.3) is 0 Å². The molecular weight excluding hydrogens is 252 g/mol. The van der Waals surface area contributed by atoms with Gasteiger partial charge in [-0.25, -0.2) is 0 Å². The van der Waals surface area contributed by atoms with Crippen molar-refractivity contribution >= 4 is 8.80 Å². The van der Waals surface area contributed by atoms with Gasteiger partial charge in [-0.3, -0.25) is 0 Å². The first-order valence-electron chi connectivity index (χ1n) is 6.58. The Morgan fingerprint density at radius 2 is 1.83 bits per heavy atom. The Kier molecular flexibility index (Phi) is 7.36. The topological polar surface area (TPSA) is 46.2 Å². The normalized spacial score (nSPS) is 21.7. The maximum atomic E-state index is 5.67. The van der Waals surface area contributed by atoms with E-state index in [2.05, 4.69) is 6.92 Å². The van der Waals surface area contributed by atoms with Crippen LogP contribution in [0.3, 0.4) is 0 Å². The fourth-order valence-corrected chi connectivity index (χ4v) is 3.81. The molecule has 0 saturated carbocycles. The lowest BCUT2D eigenvalue weighted by Gasteiger charge is -2.29. The van der Waals surface area contributed by atoms with Gasteiger partial charge in [-0.2, -0.15) is 0 Å². The van der Waals surface area contributed by atoms with Crippen molar-refractivity contribution in [3.8, 4) is 0 Å². The second-order valence-corrected chi connectivity index (χ2v) is 7.62. The van der Waals surface area contributed by atoms with Crippen molar-refractivity contribution in [2.75, 3.05) is 34.5 Å². The molecule has 5 nitrogen and oxygen atoms in total. The second kappa shape index (κ2) is 8.24. The van der Waals surface area contributed by atoms with Gasteiger partial charge in [-0.05, 0) is 12.3 Å². The van der Waals surface area contributed by atoms with E-state index < -0.39 is 8.80 Å². The lowest BCUT2D eigenvalue weighted by atomic mass is 10.1. The smallest absolute Gasteiger partial charge is 0.377 e. The minimum atomic E-state index is -2.43. The molecular formula is C12H26O5Si. The average Bonchev–Trinajstić information content (AvgIpc) is 2.36. The summed E-state index contributed by atoms with van der Waals surface area (Å²) in [6.45, 7) is 3.74. The van der Waals surface area contributed by atoms with E-state index in [0.29, 0.717) is 5.92 Å². The molecule has 1 saturated heterocycles. The van der Waals surface area contributed by atoms with Gasteiger partial charge in [-0.15, -0.1) is 0 Å². The molecule has 0 aromatic carbocycles. The summed E-state index contributed by atoms with van der Waals surface area (Å²) in [5.74, 6) is 0.501. The van der Waals surface area contributed by atoms with E-state index in [1.807, 2.05) is 0 Å². The van der Waals surface area contributed by atoms with Crippen LogP contribution in [0.15, 0.2) is 0 Å². The maximum Gasteiger partial charge on any atom is 0.500 e. The molecule has 0 amide bonds. The van der Waals surface area contributed by atoms with E-state index >= 15 is 0 Å². The van der Waals surface area contributed by atoms with Gasteiger partial charge in [0.25, 0.3) is 0 Å². The highest BCUT2D eigenvalue weighted by Crippen LogP contribution is 2.22. The second-order valence-electron chi connectivity index (χ2n) is 4.53. The summed E-state index contributed by atoms with van der Waals surface area (Å²) in [6.07, 6.45) is 3.11. The molecule has 108 valence electrons. The van der Waals surface area contributed by atoms with Crippen LogP contribution in [0.2, 0.25) is 6.04 Å². The van der Waals surface area contributed by atoms with Gasteiger partial charge in [0.2, 0.25) is 0 Å². The quantitative estimate of drug-likeness (QED) is 0.572. The van der Waals surface area contributed by atoms with Crippen LogP contribution < -0.4 is 0 Å². The minimum absolute atomic E-state index is 0.0216. The molecule has 0 N–H and O–H groups in total. The fourth-order valence-electron chi connectivity index (χ4n) is 1.93. The lowest BCUT2D eigenvalue weighted by molar-refractivity contribution is -0.219. The SMILES string of the molecule is CCC(CC[Si](OC)(OC)OC)COC1CCO1. The van der Waals surface area contributed by atoms with Crippen molar-refractivity contribution < 1.29 is 22.8 Å². The summed E-state index contributed by atoms with van der Waals surface area (Å²) in [6, 6.07) is 0.823. The summed E-state index contributed by atoms with van der Waals surface area (Å²) in [5.41, 5.74) is 0. The Morgan fingerprint density at radius 1 is 1.22 bits per heavy atom. The van der Waals surface area contributed by atoms with Crippen molar-refractivity contribution in [2.24, 2.45) is 5.92 Å². The summed E-state index contributed by atoms with van der Waals surface area (Å²) < 4.78 is 27.2. The van der Waals surface area contributed by atoms with Crippen molar-refractivity contribution in [3.05, 3.63) is 0 Å². The van der Waals surface area contributed by atoms with Gasteiger partial charge in [0.1, 0.15) is 0 Å². The minimum Gasteiger partial charge on any atom is -0.377 e. The molecule has 1 rings (SSSR count). The van der Waals surface area contributed by atoms with Crippen molar-refractivity contribution in [1.29, 1.82) is 0 Å². The molecule has 0 radical (unpaired) electrons. The summed E-state index contributed by atoms with van der Waals surface area (Å²) >= 11 is 0. The lowest BCUT2D eigenvalue weighted by Crippen LogP contribution is -2.43. The van der Waals surface area contributed by atoms with Gasteiger partial charge in [0.15, 0.2) is 6.29 Å². The van der Waals surface area contributed by atoms with Crippen LogP contribution in [0, 0.1) is 5.92 Å². The third kappa shape index (κ3) is 4.60. The number of rotatable bonds is 10. The molecule has 0 spiro atoms. The molecule has 0 aromatic rings. The van der Waals surface area contributed by atoms with E-state index in [1.54, 1.807) is 21.3 Å². The number of hydrogen-bond donors (Lipinski definition) is 0. The van der Waals surface area contributed by atoms with E-state index in [1.165, 1.54) is 0 Å². The predicted octanol–water partition coefficient (Wildman–Crippen LogP) is 2.04. The monoisotopic (exact) mass is 278 g/mol. The van der Waals surface area contributed by atoms with Crippen LogP contribution in [0.5, 0.6) is 0 Å². The molecule has 1 aliphatic heterocycles. The zero-order chi connectivity index (χ0) is 13.4. The third-order valence-electron chi connectivity index (χ3n) is 3.54. The molecule has 0 bridgehead atoms. The molecule has 0 aliphatic carbocycles. The molecule has 0 aromatic heterocycles. The summed E-state index contributed by atoms with van der Waals surface area (Å²) in [4.78, 5) is 0. The van der Waals surface area contributed by atoms with Gasteiger partial charge in [0, 0.05) is 33.8 Å². The average molecular weight is 278 g/mol. The van der Waals surface area contributed by atoms with Crippen molar-refractivity contribution in [2.45, 2.75) is 38.5 Å². The zero-order valence-corrected chi connectivity index (χ0v) is 12.9. The van der Waals surface area contributed by atoms with Gasteiger partial charge >= 0.3 is 8.80 Å². The highest BCUT2D eigenvalue weighted by atomic mass is 28.4. The van der Waals surface area contributed by atoms with E-state index in [9.17, 15) is 0 Å². The van der Waals surface area contributed by atoms with Gasteiger partial charge in [-0.1, -0.05) is 13.3 Å². The van der Waals surface area contributed by atoms with Crippen LogP contribution in [0.4, 0.5) is 0 Å². The molecule has 1 heterocycles. The Balaban J connectivity index is 2.27. The Labute approximate surface area is 111 Å². The van der Waals surface area contributed by atoms with E-state index in [4.69, 9.17) is 22.8 Å². The first-order valence-corrected chi connectivity index (χ1v) is 8.51. The van der Waals surface area contributed by atoms with Gasteiger partial charge in [0.05, 0.1) is 13.2 Å². The first-order chi connectivity index (χ1) is 8.69. The molecule has 2 atom stereocenters. The predicted molar refractivity (Wildman–Crippen MR) is 70.3 cm³/mol. The summed E-state index contributed by atoms with van der Waals surface area (Å²) in [7, 11) is 2.52. The molecule has 1 fully saturated rings. The summed E-state index contributed by atoms with van der Waals surface area (Å²) in [5, 5.41) is 0. The first kappa shape index (κ1) is 16.1. The largest absolute Gasteiger partial charge is 0.500 e. The molecule has 6 heteroatoms. The standard InChI is InChI=1S/C12H26O5Si/c1-5-11(10-17-12-6-8-16-12)7-9-18(13-2,14-3)15-4/h11-12H,5-10H2,1-4H3. The number of hydrogen-bond acceptors (Lipinski definition) is 5. The Morgan fingerprint density at radius 3 is 2.22 bits per heavy atom. The zero-order valence-electron chi connectivity index (χ0n) is 11.9. The van der Waals surface area contributed by atoms with Crippen LogP contribution in [-0.2, 0) is 22.8 Å². The van der Waals surface area contributed by atoms with Crippen LogP contribution in [0.1, 0.15) is 26.2 Å². The third-order valence-corrected chi connectivity index (χ3v) is 6.31. The van der Waals surface area contributed by atoms with Crippen molar-refractivity contribution in [3.63, 3.8) is 0 Å². The molecule has 1 aliphatic rings. The molecule has 2 unspecified atom stereocenters. The number of ether oxygens (including phenoxy) is 2. The van der Waals surface area contributed by atoms with Crippen LogP contribution in [-0.4, -0.2) is 49.6 Å². The molecule has 18 heavy (non-hydrogen) atoms. The van der Waals surface area contributed by atoms with Crippen LogP contribution >= 0.6 is 0 Å². The highest BCUT2D eigenvalue weighted by Gasteiger charge is 2.37. The maximum absolute atomic E-state index is 5.67. The fraction of sp³-hybridized carbons (Fsp3) is 1.00.